The Hall–Kier alpha value is -4.07. The molecule has 0 aromatic heterocycles. The normalized spacial score (nSPS) is 16.3. The van der Waals surface area contributed by atoms with Crippen LogP contribution in [0.15, 0.2) is 64.9 Å². The number of amidine groups is 2. The van der Waals surface area contributed by atoms with Crippen molar-refractivity contribution in [3.05, 3.63) is 71.0 Å². The summed E-state index contributed by atoms with van der Waals surface area (Å²) in [6.45, 7) is 4.48. The van der Waals surface area contributed by atoms with Crippen LogP contribution in [0.5, 0.6) is 17.2 Å². The molecule has 8 nitrogen and oxygen atoms in total. The van der Waals surface area contributed by atoms with E-state index in [4.69, 9.17) is 24.5 Å². The van der Waals surface area contributed by atoms with E-state index in [1.807, 2.05) is 31.2 Å². The molecule has 2 aliphatic heterocycles. The molecule has 2 aromatic rings. The lowest BCUT2D eigenvalue weighted by atomic mass is 10.1. The van der Waals surface area contributed by atoms with Crippen molar-refractivity contribution in [2.24, 2.45) is 4.99 Å². The second-order valence-electron chi connectivity index (χ2n) is 7.24. The zero-order valence-corrected chi connectivity index (χ0v) is 18.0. The number of allylic oxidation sites excluding steroid dienone is 1. The summed E-state index contributed by atoms with van der Waals surface area (Å²) in [5.41, 5.74) is 1.96. The number of benzene rings is 2. The minimum absolute atomic E-state index is 0.0688. The van der Waals surface area contributed by atoms with E-state index in [2.05, 4.69) is 4.99 Å². The first kappa shape index (κ1) is 21.2. The molecule has 164 valence electrons. The molecule has 0 saturated heterocycles. The van der Waals surface area contributed by atoms with Gasteiger partial charge < -0.3 is 19.0 Å². The van der Waals surface area contributed by atoms with Crippen molar-refractivity contribution in [3.8, 4) is 17.2 Å². The minimum Gasteiger partial charge on any atom is -0.493 e. The van der Waals surface area contributed by atoms with Gasteiger partial charge in [0.15, 0.2) is 23.2 Å². The Labute approximate surface area is 185 Å². The molecule has 0 atom stereocenters. The van der Waals surface area contributed by atoms with Crippen molar-refractivity contribution in [2.45, 2.75) is 13.8 Å². The van der Waals surface area contributed by atoms with Gasteiger partial charge in [-0.15, -0.1) is 5.06 Å². The summed E-state index contributed by atoms with van der Waals surface area (Å²) in [7, 11) is 1.54. The van der Waals surface area contributed by atoms with Crippen molar-refractivity contribution >= 4 is 23.7 Å². The molecule has 0 spiro atoms. The maximum atomic E-state index is 12.4. The van der Waals surface area contributed by atoms with Crippen LogP contribution in [0.2, 0.25) is 0 Å². The number of hydrogen-bond acceptors (Lipinski definition) is 6. The first-order chi connectivity index (χ1) is 15.4. The van der Waals surface area contributed by atoms with Crippen LogP contribution >= 0.6 is 0 Å². The van der Waals surface area contributed by atoms with Crippen LogP contribution in [0.3, 0.4) is 0 Å². The van der Waals surface area contributed by atoms with Crippen LogP contribution in [-0.4, -0.2) is 43.0 Å². The van der Waals surface area contributed by atoms with Gasteiger partial charge >= 0.3 is 0 Å². The monoisotopic (exact) mass is 433 g/mol. The second-order valence-corrected chi connectivity index (χ2v) is 7.24. The topological polar surface area (TPSA) is 93.4 Å². The van der Waals surface area contributed by atoms with Crippen LogP contribution < -0.4 is 14.2 Å². The fourth-order valence-electron chi connectivity index (χ4n) is 3.21. The predicted octanol–water partition coefficient (Wildman–Crippen LogP) is 3.91. The Morgan fingerprint density at radius 1 is 1.06 bits per heavy atom. The van der Waals surface area contributed by atoms with Gasteiger partial charge in [0.25, 0.3) is 5.91 Å². The lowest BCUT2D eigenvalue weighted by Crippen LogP contribution is -2.38. The molecule has 0 saturated carbocycles. The number of aliphatic imine (C=N–C) groups is 1. The van der Waals surface area contributed by atoms with Crippen molar-refractivity contribution in [3.63, 3.8) is 0 Å². The highest BCUT2D eigenvalue weighted by molar-refractivity contribution is 6.32. The van der Waals surface area contributed by atoms with Crippen molar-refractivity contribution in [1.82, 2.24) is 5.06 Å². The Morgan fingerprint density at radius 3 is 2.56 bits per heavy atom. The third-order valence-corrected chi connectivity index (χ3v) is 4.81. The molecule has 0 fully saturated rings. The molecule has 2 heterocycles. The number of ether oxygens (including phenoxy) is 3. The fourth-order valence-corrected chi connectivity index (χ4v) is 3.21. The molecule has 1 amide bonds. The SMILES string of the molecule is COc1cc(/C=C2\C(=N)N3OC(C)=CC3=NC2=O)ccc1OCCOc1ccc(C)cc1. The van der Waals surface area contributed by atoms with Crippen LogP contribution in [0.1, 0.15) is 18.1 Å². The fraction of sp³-hybridized carbons (Fsp3) is 0.208. The first-order valence-electron chi connectivity index (χ1n) is 10.0. The van der Waals surface area contributed by atoms with Crippen LogP contribution in [0, 0.1) is 12.3 Å². The van der Waals surface area contributed by atoms with Gasteiger partial charge in [-0.2, -0.15) is 4.99 Å². The zero-order valence-electron chi connectivity index (χ0n) is 18.0. The Kier molecular flexibility index (Phi) is 5.93. The third-order valence-electron chi connectivity index (χ3n) is 4.81. The number of aryl methyl sites for hydroxylation is 1. The highest BCUT2D eigenvalue weighted by Crippen LogP contribution is 2.30. The summed E-state index contributed by atoms with van der Waals surface area (Å²) in [5.74, 6) is 2.15. The lowest BCUT2D eigenvalue weighted by molar-refractivity contribution is -0.114. The number of hydrogen-bond donors (Lipinski definition) is 1. The summed E-state index contributed by atoms with van der Waals surface area (Å²) in [4.78, 5) is 21.8. The number of methoxy groups -OCH3 is 1. The van der Waals surface area contributed by atoms with E-state index in [1.165, 1.54) is 10.6 Å². The Morgan fingerprint density at radius 2 is 1.81 bits per heavy atom. The maximum Gasteiger partial charge on any atom is 0.282 e. The van der Waals surface area contributed by atoms with E-state index < -0.39 is 5.91 Å². The molecule has 0 bridgehead atoms. The van der Waals surface area contributed by atoms with Crippen LogP contribution in [-0.2, 0) is 9.63 Å². The highest BCUT2D eigenvalue weighted by Gasteiger charge is 2.34. The van der Waals surface area contributed by atoms with Gasteiger partial charge in [-0.1, -0.05) is 23.8 Å². The van der Waals surface area contributed by atoms with Crippen molar-refractivity contribution in [2.75, 3.05) is 20.3 Å². The molecule has 8 heteroatoms. The summed E-state index contributed by atoms with van der Waals surface area (Å²) < 4.78 is 16.9. The number of hydroxylamine groups is 2. The van der Waals surface area contributed by atoms with Gasteiger partial charge in [0.2, 0.25) is 0 Å². The lowest BCUT2D eigenvalue weighted by Gasteiger charge is -2.23. The minimum atomic E-state index is -0.497. The summed E-state index contributed by atoms with van der Waals surface area (Å²) >= 11 is 0. The largest absolute Gasteiger partial charge is 0.493 e. The van der Waals surface area contributed by atoms with Crippen molar-refractivity contribution in [1.29, 1.82) is 5.41 Å². The average molecular weight is 433 g/mol. The first-order valence-corrected chi connectivity index (χ1v) is 10.0. The smallest absolute Gasteiger partial charge is 0.282 e. The zero-order chi connectivity index (χ0) is 22.7. The van der Waals surface area contributed by atoms with Gasteiger partial charge in [-0.3, -0.25) is 10.2 Å². The molecule has 0 aliphatic carbocycles. The predicted molar refractivity (Wildman–Crippen MR) is 120 cm³/mol. The van der Waals surface area contributed by atoms with Gasteiger partial charge in [0.1, 0.15) is 24.7 Å². The number of nitrogens with one attached hydrogen (secondary N) is 1. The Bertz CT molecular complexity index is 1150. The second kappa shape index (κ2) is 8.97. The highest BCUT2D eigenvalue weighted by atomic mass is 16.7. The molecule has 1 N–H and O–H groups in total. The standard InChI is InChI=1S/C24H23N3O5/c1-15-4-7-18(8-5-15)30-10-11-31-20-9-6-17(14-21(20)29-3)13-19-23(25)27-22(26-24(19)28)12-16(2)32-27/h4-9,12-14,25H,10-11H2,1-3H3/b19-13+,25-23?. The van der Waals surface area contributed by atoms with E-state index in [1.54, 1.807) is 44.4 Å². The third kappa shape index (κ3) is 4.49. The number of rotatable bonds is 7. The van der Waals surface area contributed by atoms with E-state index >= 15 is 0 Å². The molecule has 2 aliphatic rings. The molecule has 0 unspecified atom stereocenters. The Balaban J connectivity index is 1.42. The van der Waals surface area contributed by atoms with E-state index in [0.29, 0.717) is 41.9 Å². The van der Waals surface area contributed by atoms with Gasteiger partial charge in [0.05, 0.1) is 12.7 Å². The summed E-state index contributed by atoms with van der Waals surface area (Å²) in [6.07, 6.45) is 3.19. The van der Waals surface area contributed by atoms with E-state index in [0.717, 1.165) is 5.75 Å². The molecule has 0 radical (unpaired) electrons. The number of fused-ring (bicyclic) bond motifs is 1. The van der Waals surface area contributed by atoms with E-state index in [-0.39, 0.29) is 11.4 Å². The number of nitrogens with zero attached hydrogens (tertiary/aromatic N) is 2. The van der Waals surface area contributed by atoms with E-state index in [9.17, 15) is 4.79 Å². The molecule has 32 heavy (non-hydrogen) atoms. The molecular formula is C24H23N3O5. The maximum absolute atomic E-state index is 12.4. The quantitative estimate of drug-likeness (QED) is 0.526. The number of carbonyl (C=O) groups excluding carboxylic acids is 1. The summed E-state index contributed by atoms with van der Waals surface area (Å²) in [6, 6.07) is 13.1. The molecular weight excluding hydrogens is 410 g/mol. The average Bonchev–Trinajstić information content (AvgIpc) is 3.16. The molecule has 2 aromatic carbocycles. The van der Waals surface area contributed by atoms with Crippen molar-refractivity contribution < 1.29 is 23.8 Å². The number of amides is 1. The summed E-state index contributed by atoms with van der Waals surface area (Å²) in [5, 5.41) is 9.53. The van der Waals surface area contributed by atoms with Gasteiger partial charge in [-0.25, -0.2) is 0 Å². The van der Waals surface area contributed by atoms with Gasteiger partial charge in [0, 0.05) is 6.08 Å². The van der Waals surface area contributed by atoms with Crippen LogP contribution in [0.4, 0.5) is 0 Å². The molecule has 4 rings (SSSR count). The number of carbonyl (C=O) groups is 1. The van der Waals surface area contributed by atoms with Crippen LogP contribution in [0.25, 0.3) is 6.08 Å². The van der Waals surface area contributed by atoms with Gasteiger partial charge in [-0.05, 0) is 49.8 Å².